The van der Waals surface area contributed by atoms with Crippen LogP contribution in [-0.4, -0.2) is 40.8 Å². The molecule has 2 aromatic carbocycles. The first-order valence-electron chi connectivity index (χ1n) is 13.9. The first-order valence-corrected chi connectivity index (χ1v) is 15.5. The minimum Gasteiger partial charge on any atom is -0.496 e. The highest BCUT2D eigenvalue weighted by Crippen LogP contribution is 2.43. The minimum atomic E-state index is -1.05. The van der Waals surface area contributed by atoms with E-state index in [4.69, 9.17) is 37.7 Å². The van der Waals surface area contributed by atoms with Gasteiger partial charge in [0.1, 0.15) is 23.7 Å². The van der Waals surface area contributed by atoms with Crippen LogP contribution < -0.4 is 14.8 Å². The van der Waals surface area contributed by atoms with Gasteiger partial charge in [-0.05, 0) is 55.5 Å². The van der Waals surface area contributed by atoms with E-state index in [1.165, 1.54) is 48.0 Å². The second-order valence-corrected chi connectivity index (χ2v) is 12.6. The van der Waals surface area contributed by atoms with Gasteiger partial charge in [-0.3, -0.25) is 14.9 Å². The molecule has 1 amide bonds. The van der Waals surface area contributed by atoms with E-state index < -0.39 is 11.9 Å². The molecule has 0 atom stereocenters. The average Bonchev–Trinajstić information content (AvgIpc) is 3.52. The van der Waals surface area contributed by atoms with Crippen molar-refractivity contribution in [1.82, 2.24) is 9.55 Å². The molecule has 0 radical (unpaired) electrons. The summed E-state index contributed by atoms with van der Waals surface area (Å²) in [6.45, 7) is 1.47. The Morgan fingerprint density at radius 1 is 1.07 bits per heavy atom. The summed E-state index contributed by atoms with van der Waals surface area (Å²) in [6.07, 6.45) is 8.12. The van der Waals surface area contributed by atoms with Crippen molar-refractivity contribution in [3.63, 3.8) is 0 Å². The Hall–Kier alpha value is -3.27. The smallest absolute Gasteiger partial charge is 0.323 e. The summed E-state index contributed by atoms with van der Waals surface area (Å²) < 4.78 is 12.6. The van der Waals surface area contributed by atoms with Crippen molar-refractivity contribution < 1.29 is 24.2 Å². The number of nitrogens with zero attached hydrogens (tertiary/aromatic N) is 2. The van der Waals surface area contributed by atoms with Gasteiger partial charge >= 0.3 is 5.97 Å². The van der Waals surface area contributed by atoms with E-state index in [-0.39, 0.29) is 12.2 Å². The van der Waals surface area contributed by atoms with Gasteiger partial charge < -0.3 is 19.1 Å². The van der Waals surface area contributed by atoms with Crippen LogP contribution in [0.2, 0.25) is 10.0 Å². The van der Waals surface area contributed by atoms with Gasteiger partial charge in [0.15, 0.2) is 5.13 Å². The van der Waals surface area contributed by atoms with Crippen molar-refractivity contribution in [2.75, 3.05) is 19.5 Å². The number of hydrogen-bond acceptors (Lipinski definition) is 6. The maximum absolute atomic E-state index is 13.7. The Balaban J connectivity index is 1.53. The zero-order chi connectivity index (χ0) is 30.0. The number of ether oxygens (including phenoxy) is 2. The monoisotopic (exact) mass is 629 g/mol. The number of aliphatic carboxylic acids is 1. The first kappa shape index (κ1) is 30.2. The Morgan fingerprint density at radius 3 is 2.50 bits per heavy atom. The van der Waals surface area contributed by atoms with E-state index in [1.807, 2.05) is 13.0 Å². The maximum atomic E-state index is 13.7. The molecule has 1 aliphatic rings. The second-order valence-electron chi connectivity index (χ2n) is 10.6. The SMILES string of the molecule is COc1cc(-c2nc(NC(=O)c3cc4cc(Cl)cc(C)c4n3CC(=O)O)sc2CCC2CCCCC2)c(OC)cc1Cl. The van der Waals surface area contributed by atoms with Crippen LogP contribution in [0.1, 0.15) is 59.5 Å². The summed E-state index contributed by atoms with van der Waals surface area (Å²) in [4.78, 5) is 31.3. The van der Waals surface area contributed by atoms with Crippen LogP contribution in [0.4, 0.5) is 5.13 Å². The lowest BCUT2D eigenvalue weighted by Gasteiger charge is -2.21. The molecule has 0 aliphatic heterocycles. The fraction of sp³-hybridized carbons (Fsp3) is 0.387. The molecular formula is C31H33Cl2N3O5S. The number of carbonyl (C=O) groups excluding carboxylic acids is 1. The van der Waals surface area contributed by atoms with Crippen LogP contribution in [0, 0.1) is 12.8 Å². The van der Waals surface area contributed by atoms with Crippen molar-refractivity contribution in [2.45, 2.75) is 58.4 Å². The Morgan fingerprint density at radius 2 is 1.81 bits per heavy atom. The lowest BCUT2D eigenvalue weighted by atomic mass is 9.86. The predicted molar refractivity (Wildman–Crippen MR) is 168 cm³/mol. The standard InChI is InChI=1S/C31H33Cl2N3O5S/c1-17-11-20(32)12-19-13-23(36(29(17)19)16-27(37)38)30(39)35-31-34-28(21-14-25(41-3)22(33)15-24(21)40-2)26(42-31)10-9-18-7-5-4-6-8-18/h11-15,18H,4-10,16H2,1-3H3,(H,37,38)(H,34,35,39). The zero-order valence-electron chi connectivity index (χ0n) is 23.8. The third-order valence-corrected chi connectivity index (χ3v) is 9.37. The molecule has 11 heteroatoms. The number of hydrogen-bond donors (Lipinski definition) is 2. The summed E-state index contributed by atoms with van der Waals surface area (Å²) in [5, 5.41) is 14.6. The van der Waals surface area contributed by atoms with Crippen LogP contribution in [0.25, 0.3) is 22.2 Å². The lowest BCUT2D eigenvalue weighted by Crippen LogP contribution is -2.20. The van der Waals surface area contributed by atoms with E-state index in [0.717, 1.165) is 28.8 Å². The summed E-state index contributed by atoms with van der Waals surface area (Å²) in [7, 11) is 3.13. The molecule has 222 valence electrons. The fourth-order valence-electron chi connectivity index (χ4n) is 5.88. The summed E-state index contributed by atoms with van der Waals surface area (Å²) in [5.41, 5.74) is 3.07. The first-order chi connectivity index (χ1) is 20.2. The van der Waals surface area contributed by atoms with Gasteiger partial charge in [-0.2, -0.15) is 0 Å². The minimum absolute atomic E-state index is 0.212. The fourth-order valence-corrected chi connectivity index (χ4v) is 7.37. The zero-order valence-corrected chi connectivity index (χ0v) is 26.1. The highest BCUT2D eigenvalue weighted by molar-refractivity contribution is 7.16. The molecule has 1 saturated carbocycles. The summed E-state index contributed by atoms with van der Waals surface area (Å²) >= 11 is 14.1. The van der Waals surface area contributed by atoms with Gasteiger partial charge in [-0.25, -0.2) is 4.98 Å². The molecule has 1 fully saturated rings. The van der Waals surface area contributed by atoms with Crippen LogP contribution in [0.3, 0.4) is 0 Å². The molecule has 2 N–H and O–H groups in total. The number of methoxy groups -OCH3 is 2. The quantitative estimate of drug-likeness (QED) is 0.183. The van der Waals surface area contributed by atoms with Crippen LogP contribution in [0.15, 0.2) is 30.3 Å². The third kappa shape index (κ3) is 6.38. The molecule has 0 saturated heterocycles. The molecule has 0 unspecified atom stereocenters. The van der Waals surface area contributed by atoms with Crippen molar-refractivity contribution in [3.8, 4) is 22.8 Å². The Bertz CT molecular complexity index is 1640. The van der Waals surface area contributed by atoms with Gasteiger partial charge in [0.2, 0.25) is 0 Å². The van der Waals surface area contributed by atoms with Gasteiger partial charge in [0.25, 0.3) is 5.91 Å². The number of rotatable bonds is 10. The largest absolute Gasteiger partial charge is 0.496 e. The van der Waals surface area contributed by atoms with E-state index in [2.05, 4.69) is 5.32 Å². The molecule has 4 aromatic rings. The number of halogens is 2. The van der Waals surface area contributed by atoms with Crippen molar-refractivity contribution in [1.29, 1.82) is 0 Å². The molecule has 2 aromatic heterocycles. The molecule has 2 heterocycles. The molecule has 0 bridgehead atoms. The topological polar surface area (TPSA) is 103 Å². The number of aromatic nitrogens is 2. The number of anilines is 1. The number of aryl methyl sites for hydroxylation is 2. The molecule has 42 heavy (non-hydrogen) atoms. The number of amides is 1. The molecule has 8 nitrogen and oxygen atoms in total. The van der Waals surface area contributed by atoms with Crippen molar-refractivity contribution in [2.24, 2.45) is 5.92 Å². The highest BCUT2D eigenvalue weighted by atomic mass is 35.5. The van der Waals surface area contributed by atoms with Gasteiger partial charge in [0, 0.05) is 26.9 Å². The molecule has 1 aliphatic carbocycles. The number of nitrogens with one attached hydrogen (secondary N) is 1. The Kier molecular flexibility index (Phi) is 9.30. The highest BCUT2D eigenvalue weighted by Gasteiger charge is 2.24. The summed E-state index contributed by atoms with van der Waals surface area (Å²) in [5.74, 6) is 0.201. The van der Waals surface area contributed by atoms with Crippen LogP contribution >= 0.6 is 34.5 Å². The maximum Gasteiger partial charge on any atom is 0.323 e. The lowest BCUT2D eigenvalue weighted by molar-refractivity contribution is -0.137. The third-order valence-electron chi connectivity index (χ3n) is 7.82. The Labute approximate surface area is 258 Å². The molecular weight excluding hydrogens is 597 g/mol. The predicted octanol–water partition coefficient (Wildman–Crippen LogP) is 8.25. The average molecular weight is 631 g/mol. The number of fused-ring (bicyclic) bond motifs is 1. The van der Waals surface area contributed by atoms with Gasteiger partial charge in [0.05, 0.1) is 30.5 Å². The van der Waals surface area contributed by atoms with Crippen LogP contribution in [0.5, 0.6) is 11.5 Å². The second kappa shape index (κ2) is 12.9. The number of carbonyl (C=O) groups is 2. The van der Waals surface area contributed by atoms with Crippen molar-refractivity contribution in [3.05, 3.63) is 56.5 Å². The number of benzene rings is 2. The van der Waals surface area contributed by atoms with E-state index in [9.17, 15) is 14.7 Å². The number of carboxylic acids is 1. The van der Waals surface area contributed by atoms with Gasteiger partial charge in [-0.15, -0.1) is 11.3 Å². The van der Waals surface area contributed by atoms with Gasteiger partial charge in [-0.1, -0.05) is 55.3 Å². The van der Waals surface area contributed by atoms with Crippen molar-refractivity contribution >= 4 is 62.4 Å². The van der Waals surface area contributed by atoms with Crippen LogP contribution in [-0.2, 0) is 17.8 Å². The molecule has 0 spiro atoms. The molecule has 5 rings (SSSR count). The normalized spacial score (nSPS) is 13.8. The number of carboxylic acid groups (broad SMARTS) is 1. The van der Waals surface area contributed by atoms with E-state index in [1.54, 1.807) is 38.5 Å². The van der Waals surface area contributed by atoms with E-state index in [0.29, 0.717) is 49.2 Å². The number of thiazole rings is 1. The summed E-state index contributed by atoms with van der Waals surface area (Å²) in [6, 6.07) is 8.66. The van der Waals surface area contributed by atoms with E-state index >= 15 is 0 Å².